The first kappa shape index (κ1) is 16.4. The van der Waals surface area contributed by atoms with Crippen LogP contribution in [0.25, 0.3) is 0 Å². The molecule has 1 aliphatic heterocycles. The number of rotatable bonds is 5. The molecule has 0 amide bonds. The van der Waals surface area contributed by atoms with Gasteiger partial charge in [-0.3, -0.25) is 14.6 Å². The highest BCUT2D eigenvalue weighted by Crippen LogP contribution is 2.10. The molecule has 6 nitrogen and oxygen atoms in total. The molecule has 1 fully saturated rings. The minimum atomic E-state index is -0.0445. The molecule has 0 unspecified atom stereocenters. The second kappa shape index (κ2) is 7.86. The van der Waals surface area contributed by atoms with E-state index in [1.807, 2.05) is 24.3 Å². The number of nitriles is 1. The van der Waals surface area contributed by atoms with Crippen molar-refractivity contribution in [3.8, 4) is 6.07 Å². The van der Waals surface area contributed by atoms with Crippen molar-refractivity contribution in [2.75, 3.05) is 32.7 Å². The number of hydrogen-bond acceptors (Lipinski definition) is 5. The lowest BCUT2D eigenvalue weighted by atomic mass is 10.1. The van der Waals surface area contributed by atoms with Crippen LogP contribution in [0.4, 0.5) is 0 Å². The third kappa shape index (κ3) is 4.28. The van der Waals surface area contributed by atoms with Crippen LogP contribution in [0.3, 0.4) is 0 Å². The van der Waals surface area contributed by atoms with Crippen LogP contribution in [0.2, 0.25) is 0 Å². The Hall–Kier alpha value is -2.49. The number of piperazine rings is 1. The lowest BCUT2D eigenvalue weighted by Gasteiger charge is -2.34. The number of nitrogens with zero attached hydrogens (tertiary/aromatic N) is 5. The zero-order valence-corrected chi connectivity index (χ0v) is 13.6. The van der Waals surface area contributed by atoms with Crippen molar-refractivity contribution in [3.63, 3.8) is 0 Å². The normalized spacial score (nSPS) is 16.0. The quantitative estimate of drug-likeness (QED) is 0.819. The molecule has 0 bridgehead atoms. The van der Waals surface area contributed by atoms with E-state index < -0.39 is 0 Å². The lowest BCUT2D eigenvalue weighted by Crippen LogP contribution is -2.47. The largest absolute Gasteiger partial charge is 0.299 e. The molecule has 0 atom stereocenters. The molecule has 2 heterocycles. The van der Waals surface area contributed by atoms with E-state index >= 15 is 0 Å². The lowest BCUT2D eigenvalue weighted by molar-refractivity contribution is 0.122. The van der Waals surface area contributed by atoms with E-state index in [4.69, 9.17) is 5.26 Å². The smallest absolute Gasteiger partial charge is 0.266 e. The summed E-state index contributed by atoms with van der Waals surface area (Å²) in [5, 5.41) is 12.9. The fourth-order valence-electron chi connectivity index (χ4n) is 2.91. The predicted octanol–water partition coefficient (Wildman–Crippen LogP) is 0.933. The molecule has 0 N–H and O–H groups in total. The zero-order chi connectivity index (χ0) is 16.8. The summed E-state index contributed by atoms with van der Waals surface area (Å²) in [5.74, 6) is 0. The number of hydrogen-bond donors (Lipinski definition) is 0. The third-order valence-electron chi connectivity index (χ3n) is 4.37. The molecule has 1 aromatic heterocycles. The highest BCUT2D eigenvalue weighted by Gasteiger charge is 2.16. The van der Waals surface area contributed by atoms with Gasteiger partial charge in [0.05, 0.1) is 18.2 Å². The van der Waals surface area contributed by atoms with Crippen LogP contribution >= 0.6 is 0 Å². The van der Waals surface area contributed by atoms with Crippen molar-refractivity contribution in [2.24, 2.45) is 0 Å². The first-order valence-electron chi connectivity index (χ1n) is 8.20. The van der Waals surface area contributed by atoms with Crippen LogP contribution in [0.15, 0.2) is 47.4 Å². The summed E-state index contributed by atoms with van der Waals surface area (Å²) in [4.78, 5) is 16.4. The highest BCUT2D eigenvalue weighted by atomic mass is 16.1. The van der Waals surface area contributed by atoms with Crippen molar-refractivity contribution < 1.29 is 0 Å². The minimum Gasteiger partial charge on any atom is -0.299 e. The van der Waals surface area contributed by atoms with Crippen molar-refractivity contribution in [1.82, 2.24) is 19.6 Å². The predicted molar refractivity (Wildman–Crippen MR) is 91.4 cm³/mol. The maximum Gasteiger partial charge on any atom is 0.266 e. The Balaban J connectivity index is 1.44. The maximum atomic E-state index is 11.6. The number of aromatic nitrogens is 2. The van der Waals surface area contributed by atoms with E-state index in [1.165, 1.54) is 10.2 Å². The van der Waals surface area contributed by atoms with Gasteiger partial charge in [0, 0.05) is 51.5 Å². The van der Waals surface area contributed by atoms with Gasteiger partial charge in [-0.15, -0.1) is 0 Å². The zero-order valence-electron chi connectivity index (χ0n) is 13.6. The minimum absolute atomic E-state index is 0.0445. The Morgan fingerprint density at radius 1 is 1.00 bits per heavy atom. The topological polar surface area (TPSA) is 65.2 Å². The summed E-state index contributed by atoms with van der Waals surface area (Å²) in [7, 11) is 0. The van der Waals surface area contributed by atoms with Gasteiger partial charge in [-0.25, -0.2) is 4.68 Å². The van der Waals surface area contributed by atoms with E-state index in [0.717, 1.165) is 39.3 Å². The van der Waals surface area contributed by atoms with Gasteiger partial charge in [-0.2, -0.15) is 10.4 Å². The first-order chi connectivity index (χ1) is 11.7. The Labute approximate surface area is 141 Å². The molecule has 1 aliphatic rings. The molecule has 0 saturated carbocycles. The van der Waals surface area contributed by atoms with E-state index in [-0.39, 0.29) is 5.56 Å². The summed E-state index contributed by atoms with van der Waals surface area (Å²) in [6.07, 6.45) is 1.65. The molecule has 24 heavy (non-hydrogen) atoms. The standard InChI is InChI=1S/C18H21N5O/c19-14-16-3-5-17(6-4-16)15-22-10-8-21(9-11-22)12-13-23-18(24)2-1-7-20-23/h1-7H,8-13,15H2. The summed E-state index contributed by atoms with van der Waals surface area (Å²) in [6, 6.07) is 13.2. The van der Waals surface area contributed by atoms with Gasteiger partial charge in [0.25, 0.3) is 5.56 Å². The van der Waals surface area contributed by atoms with Crippen molar-refractivity contribution in [2.45, 2.75) is 13.1 Å². The Morgan fingerprint density at radius 3 is 2.38 bits per heavy atom. The van der Waals surface area contributed by atoms with Crippen LogP contribution in [0.5, 0.6) is 0 Å². The van der Waals surface area contributed by atoms with E-state index in [9.17, 15) is 4.79 Å². The highest BCUT2D eigenvalue weighted by molar-refractivity contribution is 5.31. The molecule has 1 aromatic carbocycles. The van der Waals surface area contributed by atoms with E-state index in [0.29, 0.717) is 12.1 Å². The maximum absolute atomic E-state index is 11.6. The second-order valence-electron chi connectivity index (χ2n) is 6.01. The van der Waals surface area contributed by atoms with Gasteiger partial charge in [0.15, 0.2) is 0 Å². The molecule has 0 spiro atoms. The van der Waals surface area contributed by atoms with Crippen molar-refractivity contribution in [1.29, 1.82) is 5.26 Å². The summed E-state index contributed by atoms with van der Waals surface area (Å²) >= 11 is 0. The molecular formula is C18H21N5O. The summed E-state index contributed by atoms with van der Waals surface area (Å²) in [6.45, 7) is 6.42. The summed E-state index contributed by atoms with van der Waals surface area (Å²) in [5.41, 5.74) is 1.90. The van der Waals surface area contributed by atoms with Crippen LogP contribution in [0.1, 0.15) is 11.1 Å². The fraction of sp³-hybridized carbons (Fsp3) is 0.389. The average Bonchev–Trinajstić information content (AvgIpc) is 2.63. The molecule has 6 heteroatoms. The van der Waals surface area contributed by atoms with Gasteiger partial charge in [-0.1, -0.05) is 12.1 Å². The molecule has 1 saturated heterocycles. The molecule has 2 aromatic rings. The molecule has 3 rings (SSSR count). The van der Waals surface area contributed by atoms with Gasteiger partial charge in [-0.05, 0) is 23.8 Å². The Morgan fingerprint density at radius 2 is 1.71 bits per heavy atom. The van der Waals surface area contributed by atoms with Crippen LogP contribution in [-0.4, -0.2) is 52.3 Å². The fourth-order valence-corrected chi connectivity index (χ4v) is 2.91. The third-order valence-corrected chi connectivity index (χ3v) is 4.37. The van der Waals surface area contributed by atoms with Crippen LogP contribution < -0.4 is 5.56 Å². The van der Waals surface area contributed by atoms with Crippen molar-refractivity contribution >= 4 is 0 Å². The van der Waals surface area contributed by atoms with Gasteiger partial charge in [0.2, 0.25) is 0 Å². The molecular weight excluding hydrogens is 302 g/mol. The summed E-state index contributed by atoms with van der Waals surface area (Å²) < 4.78 is 1.52. The first-order valence-corrected chi connectivity index (χ1v) is 8.20. The van der Waals surface area contributed by atoms with Gasteiger partial charge in [0.1, 0.15) is 0 Å². The monoisotopic (exact) mass is 323 g/mol. The Bertz CT molecular complexity index is 754. The second-order valence-corrected chi connectivity index (χ2v) is 6.01. The molecule has 0 aliphatic carbocycles. The Kier molecular flexibility index (Phi) is 5.36. The van der Waals surface area contributed by atoms with E-state index in [2.05, 4.69) is 21.0 Å². The number of benzene rings is 1. The average molecular weight is 323 g/mol. The van der Waals surface area contributed by atoms with Gasteiger partial charge < -0.3 is 0 Å². The van der Waals surface area contributed by atoms with Crippen LogP contribution in [0, 0.1) is 11.3 Å². The van der Waals surface area contributed by atoms with E-state index in [1.54, 1.807) is 18.3 Å². The SMILES string of the molecule is N#Cc1ccc(CN2CCN(CCn3ncccc3=O)CC2)cc1. The van der Waals surface area contributed by atoms with Crippen molar-refractivity contribution in [3.05, 3.63) is 64.1 Å². The molecule has 0 radical (unpaired) electrons. The van der Waals surface area contributed by atoms with Crippen LogP contribution in [-0.2, 0) is 13.1 Å². The van der Waals surface area contributed by atoms with Gasteiger partial charge >= 0.3 is 0 Å². The molecule has 124 valence electrons.